The van der Waals surface area contributed by atoms with E-state index in [0.29, 0.717) is 18.8 Å². The van der Waals surface area contributed by atoms with Crippen LogP contribution in [0.1, 0.15) is 30.7 Å². The highest BCUT2D eigenvalue weighted by molar-refractivity contribution is 7.89. The number of rotatable bonds is 5. The van der Waals surface area contributed by atoms with Crippen LogP contribution < -0.4 is 10.1 Å². The number of benzene rings is 2. The summed E-state index contributed by atoms with van der Waals surface area (Å²) < 4.78 is 34.9. The van der Waals surface area contributed by atoms with Crippen molar-refractivity contribution in [3.8, 4) is 5.75 Å². The Morgan fingerprint density at radius 3 is 2.80 bits per heavy atom. The van der Waals surface area contributed by atoms with E-state index in [2.05, 4.69) is 5.32 Å². The van der Waals surface area contributed by atoms with Crippen molar-refractivity contribution < 1.29 is 17.9 Å². The third-order valence-electron chi connectivity index (χ3n) is 5.15. The van der Waals surface area contributed by atoms with E-state index in [-0.39, 0.29) is 22.5 Å². The molecule has 1 saturated heterocycles. The first kappa shape index (κ1) is 20.8. The van der Waals surface area contributed by atoms with Crippen LogP contribution in [0.25, 0.3) is 10.2 Å². The Labute approximate surface area is 179 Å². The van der Waals surface area contributed by atoms with Gasteiger partial charge in [-0.1, -0.05) is 12.1 Å². The number of nitrogens with zero attached hydrogens (tertiary/aromatic N) is 2. The summed E-state index contributed by atoms with van der Waals surface area (Å²) >= 11 is 1.62. The van der Waals surface area contributed by atoms with Crippen molar-refractivity contribution in [2.45, 2.75) is 30.6 Å². The van der Waals surface area contributed by atoms with E-state index in [9.17, 15) is 13.2 Å². The molecular weight excluding hydrogens is 422 g/mol. The maximum absolute atomic E-state index is 13.5. The van der Waals surface area contributed by atoms with Crippen molar-refractivity contribution in [3.05, 3.63) is 47.5 Å². The number of carbonyl (C=O) groups is 1. The van der Waals surface area contributed by atoms with Gasteiger partial charge in [0.1, 0.15) is 10.6 Å². The summed E-state index contributed by atoms with van der Waals surface area (Å²) in [4.78, 5) is 16.2. The topological polar surface area (TPSA) is 88.6 Å². The molecule has 2 aromatic carbocycles. The number of thiazole rings is 1. The lowest BCUT2D eigenvalue weighted by molar-refractivity contribution is -0.114. The number of nitrogens with one attached hydrogen (secondary N) is 1. The van der Waals surface area contributed by atoms with E-state index >= 15 is 0 Å². The summed E-state index contributed by atoms with van der Waals surface area (Å²) in [6.45, 7) is 2.19. The zero-order valence-electron chi connectivity index (χ0n) is 16.8. The molecule has 0 radical (unpaired) electrons. The van der Waals surface area contributed by atoms with Crippen LogP contribution in [0.15, 0.2) is 47.4 Å². The van der Waals surface area contributed by atoms with Gasteiger partial charge in [-0.3, -0.25) is 4.79 Å². The molecule has 1 amide bonds. The molecule has 1 N–H and O–H groups in total. The largest absolute Gasteiger partial charge is 0.495 e. The maximum Gasteiger partial charge on any atom is 0.246 e. The second-order valence-corrected chi connectivity index (χ2v) is 10.2. The molecule has 1 aliphatic heterocycles. The Morgan fingerprint density at radius 2 is 2.07 bits per heavy atom. The molecule has 1 aliphatic rings. The highest BCUT2D eigenvalue weighted by atomic mass is 32.2. The van der Waals surface area contributed by atoms with Crippen molar-refractivity contribution in [2.75, 3.05) is 25.5 Å². The number of fused-ring (bicyclic) bond motifs is 1. The number of hydrogen-bond acceptors (Lipinski definition) is 6. The van der Waals surface area contributed by atoms with Crippen molar-refractivity contribution in [1.29, 1.82) is 0 Å². The van der Waals surface area contributed by atoms with E-state index in [1.807, 2.05) is 24.3 Å². The number of piperidine rings is 1. The molecule has 0 aliphatic carbocycles. The molecule has 1 atom stereocenters. The maximum atomic E-state index is 13.5. The van der Waals surface area contributed by atoms with Gasteiger partial charge in [0, 0.05) is 31.6 Å². The highest BCUT2D eigenvalue weighted by Crippen LogP contribution is 2.36. The minimum atomic E-state index is -3.80. The van der Waals surface area contributed by atoms with Gasteiger partial charge in [0.2, 0.25) is 15.9 Å². The normalized spacial score (nSPS) is 17.7. The van der Waals surface area contributed by atoms with E-state index < -0.39 is 10.0 Å². The number of carbonyl (C=O) groups excluding carboxylic acids is 1. The molecule has 7 nitrogen and oxygen atoms in total. The Hall–Kier alpha value is -2.49. The van der Waals surface area contributed by atoms with Gasteiger partial charge in [-0.2, -0.15) is 4.31 Å². The van der Waals surface area contributed by atoms with Gasteiger partial charge in [0.25, 0.3) is 0 Å². The molecule has 1 aromatic heterocycles. The number of methoxy groups -OCH3 is 1. The molecule has 158 valence electrons. The molecule has 2 heterocycles. The number of amides is 1. The first-order valence-electron chi connectivity index (χ1n) is 9.70. The van der Waals surface area contributed by atoms with Crippen LogP contribution in [0.5, 0.6) is 5.75 Å². The second-order valence-electron chi connectivity index (χ2n) is 7.27. The Bertz CT molecular complexity index is 1160. The molecule has 0 unspecified atom stereocenters. The number of ether oxygens (including phenoxy) is 1. The van der Waals surface area contributed by atoms with Crippen LogP contribution in [0.4, 0.5) is 5.69 Å². The predicted octanol–water partition coefficient (Wildman–Crippen LogP) is 3.83. The first-order valence-corrected chi connectivity index (χ1v) is 12.0. The van der Waals surface area contributed by atoms with Crippen LogP contribution in [-0.4, -0.2) is 43.8 Å². The van der Waals surface area contributed by atoms with Gasteiger partial charge >= 0.3 is 0 Å². The Balaban J connectivity index is 1.64. The SMILES string of the molecule is COc1ccc(NC(C)=O)cc1S(=O)(=O)N1CCC[C@H](c2nc3ccccc3s2)C1. The standard InChI is InChI=1S/C21H23N3O4S2/c1-14(25)22-16-9-10-18(28-2)20(12-16)30(26,27)24-11-5-6-15(13-24)21-23-17-7-3-4-8-19(17)29-21/h3-4,7-10,12,15H,5-6,11,13H2,1-2H3,(H,22,25)/t15-/m0/s1. The Kier molecular flexibility index (Phi) is 5.77. The van der Waals surface area contributed by atoms with E-state index in [4.69, 9.17) is 9.72 Å². The highest BCUT2D eigenvalue weighted by Gasteiger charge is 2.34. The van der Waals surface area contributed by atoms with E-state index in [0.717, 1.165) is 28.1 Å². The third-order valence-corrected chi connectivity index (χ3v) is 8.23. The molecule has 0 saturated carbocycles. The zero-order valence-corrected chi connectivity index (χ0v) is 18.4. The number of para-hydroxylation sites is 1. The summed E-state index contributed by atoms with van der Waals surface area (Å²) in [5, 5.41) is 3.60. The minimum Gasteiger partial charge on any atom is -0.495 e. The predicted molar refractivity (Wildman–Crippen MR) is 118 cm³/mol. The third kappa shape index (κ3) is 4.05. The summed E-state index contributed by atoms with van der Waals surface area (Å²) in [7, 11) is -2.36. The number of hydrogen-bond donors (Lipinski definition) is 1. The van der Waals surface area contributed by atoms with Crippen LogP contribution >= 0.6 is 11.3 Å². The van der Waals surface area contributed by atoms with Crippen LogP contribution in [0, 0.1) is 0 Å². The molecule has 0 bridgehead atoms. The summed E-state index contributed by atoms with van der Waals surface area (Å²) in [5.41, 5.74) is 1.36. The quantitative estimate of drug-likeness (QED) is 0.645. The fourth-order valence-electron chi connectivity index (χ4n) is 3.73. The molecule has 3 aromatic rings. The lowest BCUT2D eigenvalue weighted by Crippen LogP contribution is -2.39. The molecular formula is C21H23N3O4S2. The van der Waals surface area contributed by atoms with Gasteiger partial charge in [-0.15, -0.1) is 11.3 Å². The molecule has 4 rings (SSSR count). The molecule has 30 heavy (non-hydrogen) atoms. The van der Waals surface area contributed by atoms with Crippen molar-refractivity contribution in [3.63, 3.8) is 0 Å². The average molecular weight is 446 g/mol. The molecule has 0 spiro atoms. The number of aromatic nitrogens is 1. The monoisotopic (exact) mass is 445 g/mol. The van der Waals surface area contributed by atoms with Crippen LogP contribution in [-0.2, 0) is 14.8 Å². The summed E-state index contributed by atoms with van der Waals surface area (Å²) in [6.07, 6.45) is 1.66. The van der Waals surface area contributed by atoms with Crippen LogP contribution in [0.3, 0.4) is 0 Å². The first-order chi connectivity index (χ1) is 14.4. The van der Waals surface area contributed by atoms with E-state index in [1.165, 1.54) is 24.4 Å². The second kappa shape index (κ2) is 8.33. The molecule has 9 heteroatoms. The minimum absolute atomic E-state index is 0.0513. The van der Waals surface area contributed by atoms with Gasteiger partial charge in [0.15, 0.2) is 0 Å². The lowest BCUT2D eigenvalue weighted by Gasteiger charge is -2.31. The average Bonchev–Trinajstić information content (AvgIpc) is 3.18. The van der Waals surface area contributed by atoms with Gasteiger partial charge in [-0.25, -0.2) is 13.4 Å². The lowest BCUT2D eigenvalue weighted by atomic mass is 10.0. The van der Waals surface area contributed by atoms with Crippen molar-refractivity contribution in [1.82, 2.24) is 9.29 Å². The summed E-state index contributed by atoms with van der Waals surface area (Å²) in [5.74, 6) is 0.0408. The fourth-order valence-corrected chi connectivity index (χ4v) is 6.52. The van der Waals surface area contributed by atoms with Gasteiger partial charge in [-0.05, 0) is 43.2 Å². The van der Waals surface area contributed by atoms with Crippen LogP contribution in [0.2, 0.25) is 0 Å². The van der Waals surface area contributed by atoms with Crippen molar-refractivity contribution >= 4 is 43.2 Å². The number of sulfonamides is 1. The zero-order chi connectivity index (χ0) is 21.3. The van der Waals surface area contributed by atoms with E-state index in [1.54, 1.807) is 23.5 Å². The smallest absolute Gasteiger partial charge is 0.246 e. The fraction of sp³-hybridized carbons (Fsp3) is 0.333. The number of anilines is 1. The van der Waals surface area contributed by atoms with Crippen molar-refractivity contribution in [2.24, 2.45) is 0 Å². The molecule has 1 fully saturated rings. The Morgan fingerprint density at radius 1 is 1.27 bits per heavy atom. The van der Waals surface area contributed by atoms with Gasteiger partial charge in [0.05, 0.1) is 22.3 Å². The summed E-state index contributed by atoms with van der Waals surface area (Å²) in [6, 6.07) is 12.6. The van der Waals surface area contributed by atoms with Gasteiger partial charge < -0.3 is 10.1 Å².